The molecular formula is C20H23F3N4O. The van der Waals surface area contributed by atoms with E-state index in [1.807, 2.05) is 24.9 Å². The smallest absolute Gasteiger partial charge is 0.342 e. The lowest BCUT2D eigenvalue weighted by atomic mass is 10.1. The number of aromatic nitrogens is 3. The summed E-state index contributed by atoms with van der Waals surface area (Å²) < 4.78 is 41.9. The van der Waals surface area contributed by atoms with E-state index in [4.69, 9.17) is 0 Å². The predicted octanol–water partition coefficient (Wildman–Crippen LogP) is 4.04. The maximum atomic E-state index is 13.3. The summed E-state index contributed by atoms with van der Waals surface area (Å²) >= 11 is 0. The molecule has 1 amide bonds. The minimum absolute atomic E-state index is 0.0409. The van der Waals surface area contributed by atoms with Crippen LogP contribution in [0, 0.1) is 18.8 Å². The number of aryl methyl sites for hydroxylation is 1. The number of rotatable bonds is 3. The van der Waals surface area contributed by atoms with Crippen LogP contribution in [-0.2, 0) is 11.0 Å². The molecule has 5 nitrogen and oxygen atoms in total. The number of hydrogen-bond donors (Lipinski definition) is 0. The Kier molecular flexibility index (Phi) is 4.28. The molecule has 0 spiro atoms. The summed E-state index contributed by atoms with van der Waals surface area (Å²) in [5.41, 5.74) is 0.108. The van der Waals surface area contributed by atoms with E-state index in [0.29, 0.717) is 23.1 Å². The highest BCUT2D eigenvalue weighted by Gasteiger charge is 2.58. The lowest BCUT2D eigenvalue weighted by Gasteiger charge is -2.19. The van der Waals surface area contributed by atoms with E-state index in [9.17, 15) is 18.0 Å². The number of pyridine rings is 1. The van der Waals surface area contributed by atoms with E-state index >= 15 is 0 Å². The molecule has 0 N–H and O–H groups in total. The normalized spacial score (nSPS) is 24.0. The summed E-state index contributed by atoms with van der Waals surface area (Å²) in [7, 11) is 0. The van der Waals surface area contributed by atoms with E-state index in [2.05, 4.69) is 14.5 Å². The van der Waals surface area contributed by atoms with Crippen molar-refractivity contribution < 1.29 is 18.0 Å². The van der Waals surface area contributed by atoms with Crippen LogP contribution in [0.4, 0.5) is 13.2 Å². The van der Waals surface area contributed by atoms with Gasteiger partial charge in [0.2, 0.25) is 5.91 Å². The van der Waals surface area contributed by atoms with E-state index in [1.54, 1.807) is 6.92 Å². The van der Waals surface area contributed by atoms with Gasteiger partial charge >= 0.3 is 6.18 Å². The fourth-order valence-corrected chi connectivity index (χ4v) is 4.34. The van der Waals surface area contributed by atoms with Crippen molar-refractivity contribution in [1.29, 1.82) is 0 Å². The average molecular weight is 392 g/mol. The molecule has 2 aromatic rings. The van der Waals surface area contributed by atoms with Crippen molar-refractivity contribution in [3.8, 4) is 11.3 Å². The molecule has 0 radical (unpaired) electrons. The van der Waals surface area contributed by atoms with Gasteiger partial charge in [-0.1, -0.05) is 13.8 Å². The van der Waals surface area contributed by atoms with Crippen molar-refractivity contribution in [2.24, 2.45) is 11.8 Å². The monoisotopic (exact) mass is 392 g/mol. The third-order valence-electron chi connectivity index (χ3n) is 5.88. The van der Waals surface area contributed by atoms with Crippen LogP contribution in [0.2, 0.25) is 0 Å². The van der Waals surface area contributed by atoms with Crippen LogP contribution in [0.1, 0.15) is 49.8 Å². The third kappa shape index (κ3) is 3.08. The number of carbonyl (C=O) groups is 1. The molecule has 8 heteroatoms. The lowest BCUT2D eigenvalue weighted by Crippen LogP contribution is -2.29. The van der Waals surface area contributed by atoms with Crippen molar-refractivity contribution in [1.82, 2.24) is 19.4 Å². The van der Waals surface area contributed by atoms with Gasteiger partial charge in [0.15, 0.2) is 0 Å². The standard InChI is InChI=1S/C20H23F3N4O/c1-10(2)19-25-17(13-5-16(20(21,22)23)11(3)24-6-13)9-27(19)18-14-7-26(12(4)28)8-15(14)18/h5-6,9-10,14-15,18H,7-8H2,1-4H3/t14-,15+,18?. The number of fused-ring (bicyclic) bond motifs is 1. The highest BCUT2D eigenvalue weighted by atomic mass is 19.4. The van der Waals surface area contributed by atoms with Gasteiger partial charge < -0.3 is 9.47 Å². The van der Waals surface area contributed by atoms with Gasteiger partial charge in [0.25, 0.3) is 0 Å². The second-order valence-electron chi connectivity index (χ2n) is 8.14. The third-order valence-corrected chi connectivity index (χ3v) is 5.88. The largest absolute Gasteiger partial charge is 0.418 e. The van der Waals surface area contributed by atoms with E-state index in [0.717, 1.165) is 25.0 Å². The summed E-state index contributed by atoms with van der Waals surface area (Å²) in [6.45, 7) is 8.46. The molecule has 1 unspecified atom stereocenters. The summed E-state index contributed by atoms with van der Waals surface area (Å²) in [5.74, 6) is 1.87. The van der Waals surface area contributed by atoms with Crippen molar-refractivity contribution in [3.63, 3.8) is 0 Å². The maximum absolute atomic E-state index is 13.3. The fraction of sp³-hybridized carbons (Fsp3) is 0.550. The number of piperidine rings is 1. The van der Waals surface area contributed by atoms with E-state index in [-0.39, 0.29) is 23.6 Å². The summed E-state index contributed by atoms with van der Waals surface area (Å²) in [6, 6.07) is 1.39. The second kappa shape index (κ2) is 6.32. The molecule has 28 heavy (non-hydrogen) atoms. The first-order chi connectivity index (χ1) is 13.1. The van der Waals surface area contributed by atoms with Gasteiger partial charge in [-0.25, -0.2) is 4.98 Å². The van der Waals surface area contributed by atoms with Crippen molar-refractivity contribution in [3.05, 3.63) is 35.5 Å². The van der Waals surface area contributed by atoms with E-state index in [1.165, 1.54) is 13.1 Å². The molecule has 0 aromatic carbocycles. The van der Waals surface area contributed by atoms with E-state index < -0.39 is 11.7 Å². The van der Waals surface area contributed by atoms with Gasteiger partial charge in [-0.2, -0.15) is 13.2 Å². The number of imidazole rings is 1. The van der Waals surface area contributed by atoms with Gasteiger partial charge in [-0.05, 0) is 13.0 Å². The van der Waals surface area contributed by atoms with Crippen molar-refractivity contribution >= 4 is 5.91 Å². The molecule has 4 rings (SSSR count). The first-order valence-electron chi connectivity index (χ1n) is 9.46. The average Bonchev–Trinajstić information content (AvgIpc) is 2.99. The molecule has 1 aliphatic heterocycles. The number of likely N-dealkylation sites (tertiary alicyclic amines) is 1. The Bertz CT molecular complexity index is 922. The molecule has 0 bridgehead atoms. The zero-order valence-electron chi connectivity index (χ0n) is 16.3. The molecule has 2 aromatic heterocycles. The zero-order valence-corrected chi connectivity index (χ0v) is 16.3. The lowest BCUT2D eigenvalue weighted by molar-refractivity contribution is -0.138. The summed E-state index contributed by atoms with van der Waals surface area (Å²) in [5, 5.41) is 0. The maximum Gasteiger partial charge on any atom is 0.418 e. The van der Waals surface area contributed by atoms with Crippen LogP contribution in [0.25, 0.3) is 11.3 Å². The van der Waals surface area contributed by atoms with Crippen LogP contribution < -0.4 is 0 Å². The quantitative estimate of drug-likeness (QED) is 0.792. The number of carbonyl (C=O) groups excluding carboxylic acids is 1. The zero-order chi connectivity index (χ0) is 20.4. The van der Waals surface area contributed by atoms with Gasteiger partial charge in [-0.15, -0.1) is 0 Å². The minimum Gasteiger partial charge on any atom is -0.342 e. The molecule has 150 valence electrons. The van der Waals surface area contributed by atoms with Crippen molar-refractivity contribution in [2.45, 2.75) is 45.8 Å². The molecule has 3 heterocycles. The topological polar surface area (TPSA) is 51.0 Å². The predicted molar refractivity (Wildman–Crippen MR) is 97.6 cm³/mol. The Balaban J connectivity index is 1.67. The van der Waals surface area contributed by atoms with Crippen LogP contribution in [-0.4, -0.2) is 38.4 Å². The van der Waals surface area contributed by atoms with Gasteiger partial charge in [0.1, 0.15) is 5.82 Å². The van der Waals surface area contributed by atoms with Crippen LogP contribution in [0.15, 0.2) is 18.5 Å². The van der Waals surface area contributed by atoms with Gasteiger partial charge in [-0.3, -0.25) is 9.78 Å². The van der Waals surface area contributed by atoms with Crippen LogP contribution >= 0.6 is 0 Å². The Hall–Kier alpha value is -2.38. The Morgan fingerprint density at radius 3 is 2.43 bits per heavy atom. The molecule has 2 aliphatic rings. The van der Waals surface area contributed by atoms with Gasteiger partial charge in [0, 0.05) is 67.5 Å². The number of amides is 1. The number of alkyl halides is 3. The Labute approximate surface area is 161 Å². The molecule has 1 aliphatic carbocycles. The highest BCUT2D eigenvalue weighted by Crippen LogP contribution is 2.56. The first-order valence-corrected chi connectivity index (χ1v) is 9.46. The SMILES string of the molecule is CC(=O)N1C[C@@H]2C(n3cc(-c4cnc(C)c(C(F)(F)F)c4)nc3C(C)C)[C@@H]2C1. The number of hydrogen-bond acceptors (Lipinski definition) is 3. The van der Waals surface area contributed by atoms with Crippen LogP contribution in [0.5, 0.6) is 0 Å². The molecular weight excluding hydrogens is 369 g/mol. The summed E-state index contributed by atoms with van der Waals surface area (Å²) in [4.78, 5) is 22.0. The Morgan fingerprint density at radius 1 is 1.25 bits per heavy atom. The molecule has 2 fully saturated rings. The number of nitrogens with zero attached hydrogens (tertiary/aromatic N) is 4. The number of halogens is 3. The molecule has 3 atom stereocenters. The summed E-state index contributed by atoms with van der Waals surface area (Å²) in [6.07, 6.45) is -1.14. The Morgan fingerprint density at radius 2 is 1.89 bits per heavy atom. The second-order valence-corrected chi connectivity index (χ2v) is 8.14. The highest BCUT2D eigenvalue weighted by molar-refractivity contribution is 5.74. The first kappa shape index (κ1) is 19.0. The molecule has 1 saturated heterocycles. The van der Waals surface area contributed by atoms with Crippen molar-refractivity contribution in [2.75, 3.05) is 13.1 Å². The molecule has 1 saturated carbocycles. The fourth-order valence-electron chi connectivity index (χ4n) is 4.34. The minimum atomic E-state index is -4.44. The van der Waals surface area contributed by atoms with Gasteiger partial charge in [0.05, 0.1) is 11.3 Å². The van der Waals surface area contributed by atoms with Crippen LogP contribution in [0.3, 0.4) is 0 Å².